The molecule has 78 valence electrons. The number of amides is 1. The number of thiophene rings is 1. The summed E-state index contributed by atoms with van der Waals surface area (Å²) >= 11 is 1.44. The molecular formula is C10H15NO2S. The third kappa shape index (κ3) is 2.82. The summed E-state index contributed by atoms with van der Waals surface area (Å²) in [5.41, 5.74) is 0. The Morgan fingerprint density at radius 3 is 2.86 bits per heavy atom. The van der Waals surface area contributed by atoms with Gasteiger partial charge in [0.25, 0.3) is 5.91 Å². The zero-order valence-corrected chi connectivity index (χ0v) is 9.09. The molecule has 0 spiro atoms. The van der Waals surface area contributed by atoms with Gasteiger partial charge in [-0.3, -0.25) is 4.79 Å². The molecule has 1 N–H and O–H groups in total. The molecule has 14 heavy (non-hydrogen) atoms. The number of hydrogen-bond donors (Lipinski definition) is 1. The summed E-state index contributed by atoms with van der Waals surface area (Å²) in [5.74, 6) is 0.0240. The van der Waals surface area contributed by atoms with Crippen molar-refractivity contribution in [1.82, 2.24) is 4.90 Å². The van der Waals surface area contributed by atoms with Crippen LogP contribution in [0.3, 0.4) is 0 Å². The molecule has 1 aromatic heterocycles. The van der Waals surface area contributed by atoms with Gasteiger partial charge in [0.15, 0.2) is 0 Å². The maximum Gasteiger partial charge on any atom is 0.263 e. The van der Waals surface area contributed by atoms with Crippen LogP contribution in [-0.2, 0) is 0 Å². The molecule has 0 atom stereocenters. The van der Waals surface area contributed by atoms with Crippen molar-refractivity contribution in [2.75, 3.05) is 19.7 Å². The maximum absolute atomic E-state index is 11.8. The van der Waals surface area contributed by atoms with Gasteiger partial charge in [0.1, 0.15) is 0 Å². The molecule has 0 fully saturated rings. The number of rotatable bonds is 5. The summed E-state index contributed by atoms with van der Waals surface area (Å²) in [6.45, 7) is 3.17. The molecule has 1 rings (SSSR count). The Morgan fingerprint density at radius 2 is 2.36 bits per heavy atom. The Balaban J connectivity index is 2.63. The monoisotopic (exact) mass is 213 g/mol. The number of hydrogen-bond acceptors (Lipinski definition) is 3. The second-order valence-corrected chi connectivity index (χ2v) is 3.94. The molecule has 0 aliphatic rings. The van der Waals surface area contributed by atoms with Gasteiger partial charge in [0, 0.05) is 13.1 Å². The van der Waals surface area contributed by atoms with E-state index >= 15 is 0 Å². The Labute approximate surface area is 88.0 Å². The highest BCUT2D eigenvalue weighted by molar-refractivity contribution is 7.12. The molecule has 4 heteroatoms. The van der Waals surface area contributed by atoms with Gasteiger partial charge < -0.3 is 10.0 Å². The normalized spacial score (nSPS) is 10.1. The predicted octanol–water partition coefficient (Wildman–Crippen LogP) is 1.59. The molecule has 1 heterocycles. The van der Waals surface area contributed by atoms with Crippen LogP contribution in [0.4, 0.5) is 0 Å². The van der Waals surface area contributed by atoms with Gasteiger partial charge in [-0.2, -0.15) is 0 Å². The van der Waals surface area contributed by atoms with Gasteiger partial charge in [-0.15, -0.1) is 11.3 Å². The van der Waals surface area contributed by atoms with E-state index in [0.29, 0.717) is 13.1 Å². The quantitative estimate of drug-likeness (QED) is 0.807. The van der Waals surface area contributed by atoms with Gasteiger partial charge in [-0.1, -0.05) is 13.0 Å². The van der Waals surface area contributed by atoms with Crippen LogP contribution in [0.25, 0.3) is 0 Å². The molecular weight excluding hydrogens is 198 g/mol. The van der Waals surface area contributed by atoms with E-state index in [4.69, 9.17) is 5.11 Å². The van der Waals surface area contributed by atoms with Crippen molar-refractivity contribution in [3.8, 4) is 0 Å². The van der Waals surface area contributed by atoms with Gasteiger partial charge in [-0.05, 0) is 17.9 Å². The maximum atomic E-state index is 11.8. The molecule has 0 radical (unpaired) electrons. The standard InChI is InChI=1S/C10H15NO2S/c1-2-5-11(6-7-12)10(13)9-4-3-8-14-9/h3-4,8,12H,2,5-7H2,1H3. The number of aliphatic hydroxyl groups excluding tert-OH is 1. The smallest absolute Gasteiger partial charge is 0.263 e. The summed E-state index contributed by atoms with van der Waals surface area (Å²) in [6, 6.07) is 3.67. The Bertz CT molecular complexity index is 266. The lowest BCUT2D eigenvalue weighted by molar-refractivity contribution is 0.0727. The van der Waals surface area contributed by atoms with E-state index in [1.807, 2.05) is 24.4 Å². The van der Waals surface area contributed by atoms with Gasteiger partial charge in [0.05, 0.1) is 11.5 Å². The lowest BCUT2D eigenvalue weighted by Crippen LogP contribution is -2.33. The van der Waals surface area contributed by atoms with E-state index in [9.17, 15) is 4.79 Å². The SMILES string of the molecule is CCCN(CCO)C(=O)c1cccs1. The van der Waals surface area contributed by atoms with Gasteiger partial charge >= 0.3 is 0 Å². The molecule has 0 aliphatic carbocycles. The number of carbonyl (C=O) groups excluding carboxylic acids is 1. The average molecular weight is 213 g/mol. The largest absolute Gasteiger partial charge is 0.395 e. The van der Waals surface area contributed by atoms with Crippen molar-refractivity contribution in [3.63, 3.8) is 0 Å². The summed E-state index contributed by atoms with van der Waals surface area (Å²) in [5, 5.41) is 10.7. The molecule has 1 amide bonds. The molecule has 1 aromatic rings. The number of aliphatic hydroxyl groups is 1. The van der Waals surface area contributed by atoms with Crippen molar-refractivity contribution >= 4 is 17.2 Å². The van der Waals surface area contributed by atoms with Crippen LogP contribution in [0.2, 0.25) is 0 Å². The molecule has 0 unspecified atom stereocenters. The van der Waals surface area contributed by atoms with E-state index in [2.05, 4.69) is 0 Å². The summed E-state index contributed by atoms with van der Waals surface area (Å²) in [4.78, 5) is 14.2. The lowest BCUT2D eigenvalue weighted by Gasteiger charge is -2.19. The zero-order chi connectivity index (χ0) is 10.4. The molecule has 0 aromatic carbocycles. The van der Waals surface area contributed by atoms with E-state index < -0.39 is 0 Å². The predicted molar refractivity (Wildman–Crippen MR) is 57.6 cm³/mol. The minimum Gasteiger partial charge on any atom is -0.395 e. The fraction of sp³-hybridized carbons (Fsp3) is 0.500. The number of nitrogens with zero attached hydrogens (tertiary/aromatic N) is 1. The Kier molecular flexibility index (Phi) is 4.62. The second-order valence-electron chi connectivity index (χ2n) is 2.99. The Morgan fingerprint density at radius 1 is 1.57 bits per heavy atom. The van der Waals surface area contributed by atoms with Crippen LogP contribution in [-0.4, -0.2) is 35.6 Å². The summed E-state index contributed by atoms with van der Waals surface area (Å²) < 4.78 is 0. The van der Waals surface area contributed by atoms with Crippen molar-refractivity contribution < 1.29 is 9.90 Å². The minimum atomic E-state index is 0.0240. The minimum absolute atomic E-state index is 0.0240. The van der Waals surface area contributed by atoms with Crippen molar-refractivity contribution in [3.05, 3.63) is 22.4 Å². The fourth-order valence-electron chi connectivity index (χ4n) is 1.26. The van der Waals surface area contributed by atoms with Crippen LogP contribution in [0.15, 0.2) is 17.5 Å². The van der Waals surface area contributed by atoms with Crippen LogP contribution in [0.1, 0.15) is 23.0 Å². The zero-order valence-electron chi connectivity index (χ0n) is 8.27. The van der Waals surface area contributed by atoms with Crippen molar-refractivity contribution in [2.24, 2.45) is 0 Å². The number of carbonyl (C=O) groups is 1. The molecule has 0 saturated carbocycles. The highest BCUT2D eigenvalue weighted by Crippen LogP contribution is 2.11. The lowest BCUT2D eigenvalue weighted by atomic mass is 10.3. The highest BCUT2D eigenvalue weighted by atomic mass is 32.1. The Hall–Kier alpha value is -0.870. The molecule has 0 aliphatic heterocycles. The van der Waals surface area contributed by atoms with Crippen LogP contribution < -0.4 is 0 Å². The van der Waals surface area contributed by atoms with Crippen LogP contribution in [0.5, 0.6) is 0 Å². The second kappa shape index (κ2) is 5.78. The van der Waals surface area contributed by atoms with E-state index in [1.54, 1.807) is 4.90 Å². The molecule has 3 nitrogen and oxygen atoms in total. The topological polar surface area (TPSA) is 40.5 Å². The van der Waals surface area contributed by atoms with E-state index in [1.165, 1.54) is 11.3 Å². The third-order valence-electron chi connectivity index (χ3n) is 1.88. The summed E-state index contributed by atoms with van der Waals surface area (Å²) in [7, 11) is 0. The first-order valence-corrected chi connectivity index (χ1v) is 5.61. The van der Waals surface area contributed by atoms with Crippen molar-refractivity contribution in [1.29, 1.82) is 0 Å². The first-order chi connectivity index (χ1) is 6.79. The van der Waals surface area contributed by atoms with Gasteiger partial charge in [0.2, 0.25) is 0 Å². The fourth-order valence-corrected chi connectivity index (χ4v) is 1.95. The van der Waals surface area contributed by atoms with E-state index in [-0.39, 0.29) is 12.5 Å². The van der Waals surface area contributed by atoms with Gasteiger partial charge in [-0.25, -0.2) is 0 Å². The molecule has 0 bridgehead atoms. The van der Waals surface area contributed by atoms with Crippen molar-refractivity contribution in [2.45, 2.75) is 13.3 Å². The first-order valence-electron chi connectivity index (χ1n) is 4.73. The third-order valence-corrected chi connectivity index (χ3v) is 2.74. The highest BCUT2D eigenvalue weighted by Gasteiger charge is 2.14. The first kappa shape index (κ1) is 11.2. The van der Waals surface area contributed by atoms with Crippen LogP contribution in [0, 0.1) is 0 Å². The molecule has 0 saturated heterocycles. The van der Waals surface area contributed by atoms with E-state index in [0.717, 1.165) is 11.3 Å². The van der Waals surface area contributed by atoms with Crippen LogP contribution >= 0.6 is 11.3 Å². The summed E-state index contributed by atoms with van der Waals surface area (Å²) in [6.07, 6.45) is 0.914. The average Bonchev–Trinajstić information content (AvgIpc) is 2.69.